The van der Waals surface area contributed by atoms with Gasteiger partial charge in [-0.2, -0.15) is 0 Å². The van der Waals surface area contributed by atoms with Crippen LogP contribution in [0.5, 0.6) is 23.0 Å². The van der Waals surface area contributed by atoms with Crippen LogP contribution < -0.4 is 14.2 Å². The van der Waals surface area contributed by atoms with Gasteiger partial charge < -0.3 is 19.1 Å². The summed E-state index contributed by atoms with van der Waals surface area (Å²) in [5.41, 5.74) is 1.18. The molecule has 0 bridgehead atoms. The van der Waals surface area contributed by atoms with E-state index in [1.807, 2.05) is 54.6 Å². The van der Waals surface area contributed by atoms with Crippen LogP contribution in [0.1, 0.15) is 33.1 Å². The zero-order valence-corrected chi connectivity index (χ0v) is 22.3. The maximum Gasteiger partial charge on any atom is 0.159 e. The first-order chi connectivity index (χ1) is 18.5. The fourth-order valence-electron chi connectivity index (χ4n) is 4.44. The molecule has 4 rings (SSSR count). The highest BCUT2D eigenvalue weighted by atomic mass is 19.2. The van der Waals surface area contributed by atoms with E-state index >= 15 is 0 Å². The van der Waals surface area contributed by atoms with Gasteiger partial charge in [-0.25, -0.2) is 8.78 Å². The number of methoxy groups -OCH3 is 1. The quantitative estimate of drug-likeness (QED) is 0.166. The Hall–Kier alpha value is -3.64. The van der Waals surface area contributed by atoms with Gasteiger partial charge in [-0.05, 0) is 91.1 Å². The minimum absolute atomic E-state index is 0.524. The smallest absolute Gasteiger partial charge is 0.159 e. The van der Waals surface area contributed by atoms with Crippen molar-refractivity contribution in [2.45, 2.75) is 33.1 Å². The molecule has 0 aliphatic rings. The largest absolute Gasteiger partial charge is 0.497 e. The van der Waals surface area contributed by atoms with Crippen LogP contribution in [-0.2, 0) is 0 Å². The number of benzene rings is 4. The fraction of sp³-hybridized carbons (Fsp3) is 0.312. The van der Waals surface area contributed by atoms with Crippen molar-refractivity contribution in [3.8, 4) is 34.1 Å². The highest BCUT2D eigenvalue weighted by Crippen LogP contribution is 2.41. The Labute approximate surface area is 223 Å². The van der Waals surface area contributed by atoms with E-state index in [0.29, 0.717) is 29.2 Å². The summed E-state index contributed by atoms with van der Waals surface area (Å²) in [7, 11) is 1.62. The number of rotatable bonds is 13. The van der Waals surface area contributed by atoms with Gasteiger partial charge in [0.1, 0.15) is 29.6 Å². The zero-order valence-electron chi connectivity index (χ0n) is 22.3. The molecule has 0 heterocycles. The number of nitrogens with zero attached hydrogens (tertiary/aromatic N) is 1. The Balaban J connectivity index is 1.54. The fourth-order valence-corrected chi connectivity index (χ4v) is 4.44. The topological polar surface area (TPSA) is 30.9 Å². The second-order valence-corrected chi connectivity index (χ2v) is 9.22. The monoisotopic (exact) mass is 519 g/mol. The molecule has 0 fully saturated rings. The lowest BCUT2D eigenvalue weighted by Gasteiger charge is -2.20. The van der Waals surface area contributed by atoms with Crippen LogP contribution in [0.25, 0.3) is 21.9 Å². The molecule has 0 aliphatic heterocycles. The van der Waals surface area contributed by atoms with E-state index in [1.54, 1.807) is 13.2 Å². The van der Waals surface area contributed by atoms with Crippen LogP contribution in [0.4, 0.5) is 8.78 Å². The summed E-state index contributed by atoms with van der Waals surface area (Å²) in [5.74, 6) is 0.856. The second kappa shape index (κ2) is 13.2. The lowest BCUT2D eigenvalue weighted by Crippen LogP contribution is -2.29. The molecular weight excluding hydrogens is 484 g/mol. The first-order valence-electron chi connectivity index (χ1n) is 13.2. The van der Waals surface area contributed by atoms with Gasteiger partial charge in [0.15, 0.2) is 11.6 Å². The third kappa shape index (κ3) is 6.81. The molecule has 0 N–H and O–H groups in total. The Morgan fingerprint density at radius 2 is 1.50 bits per heavy atom. The van der Waals surface area contributed by atoms with E-state index in [2.05, 4.69) is 18.7 Å². The van der Waals surface area contributed by atoms with Gasteiger partial charge in [0, 0.05) is 17.5 Å². The zero-order chi connectivity index (χ0) is 26.9. The second-order valence-electron chi connectivity index (χ2n) is 9.22. The van der Waals surface area contributed by atoms with Crippen molar-refractivity contribution >= 4 is 10.8 Å². The minimum Gasteiger partial charge on any atom is -0.497 e. The van der Waals surface area contributed by atoms with Crippen molar-refractivity contribution in [1.82, 2.24) is 4.90 Å². The van der Waals surface area contributed by atoms with Crippen LogP contribution in [-0.4, -0.2) is 38.3 Å². The van der Waals surface area contributed by atoms with E-state index in [0.717, 1.165) is 48.0 Å². The molecular formula is C32H35F2NO3. The van der Waals surface area contributed by atoms with Crippen molar-refractivity contribution in [1.29, 1.82) is 0 Å². The lowest BCUT2D eigenvalue weighted by atomic mass is 9.99. The van der Waals surface area contributed by atoms with Gasteiger partial charge in [0.2, 0.25) is 0 Å². The Bertz CT molecular complexity index is 1340. The highest BCUT2D eigenvalue weighted by molar-refractivity contribution is 5.96. The molecule has 0 spiro atoms. The number of ether oxygens (including phenoxy) is 3. The maximum absolute atomic E-state index is 14.1. The van der Waals surface area contributed by atoms with E-state index in [1.165, 1.54) is 25.3 Å². The molecule has 0 amide bonds. The molecule has 4 aromatic rings. The highest BCUT2D eigenvalue weighted by Gasteiger charge is 2.15. The summed E-state index contributed by atoms with van der Waals surface area (Å²) >= 11 is 0. The van der Waals surface area contributed by atoms with Gasteiger partial charge in [0.25, 0.3) is 0 Å². The summed E-state index contributed by atoms with van der Waals surface area (Å²) in [6.07, 6.45) is 3.68. The maximum atomic E-state index is 14.1. The van der Waals surface area contributed by atoms with Crippen molar-refractivity contribution < 1.29 is 23.0 Å². The summed E-state index contributed by atoms with van der Waals surface area (Å²) in [4.78, 5) is 2.41. The molecule has 6 heteroatoms. The third-order valence-electron chi connectivity index (χ3n) is 6.65. The number of halogens is 2. The van der Waals surface area contributed by atoms with Crippen molar-refractivity contribution in [3.63, 3.8) is 0 Å². The molecule has 0 atom stereocenters. The molecule has 38 heavy (non-hydrogen) atoms. The number of hydrogen-bond donors (Lipinski definition) is 0. The van der Waals surface area contributed by atoms with Crippen LogP contribution >= 0.6 is 0 Å². The Kier molecular flexibility index (Phi) is 9.55. The number of unbranched alkanes of at least 4 members (excludes halogenated alkanes) is 2. The normalized spacial score (nSPS) is 11.2. The molecule has 0 radical (unpaired) electrons. The minimum atomic E-state index is -0.906. The van der Waals surface area contributed by atoms with Gasteiger partial charge in [-0.15, -0.1) is 0 Å². The molecule has 0 aliphatic carbocycles. The average molecular weight is 520 g/mol. The Morgan fingerprint density at radius 3 is 2.21 bits per heavy atom. The first-order valence-corrected chi connectivity index (χ1v) is 13.2. The van der Waals surface area contributed by atoms with E-state index < -0.39 is 11.6 Å². The van der Waals surface area contributed by atoms with Crippen LogP contribution in [0.2, 0.25) is 0 Å². The van der Waals surface area contributed by atoms with E-state index in [4.69, 9.17) is 14.2 Å². The molecule has 0 saturated carbocycles. The molecule has 0 saturated heterocycles. The standard InChI is InChI=1S/C32H35F2NO3/c1-4-6-7-18-35(5-2)19-20-37-25-10-12-26(13-11-25)38-32-28(24-9-17-30(33)31(34)22-24)15-8-23-21-27(36-3)14-16-29(23)32/h8-17,21-22H,4-7,18-20H2,1-3H3. The van der Waals surface area contributed by atoms with E-state index in [9.17, 15) is 8.78 Å². The van der Waals surface area contributed by atoms with Crippen LogP contribution in [0.15, 0.2) is 72.8 Å². The average Bonchev–Trinajstić information content (AvgIpc) is 2.94. The summed E-state index contributed by atoms with van der Waals surface area (Å²) in [6, 6.07) is 20.8. The van der Waals surface area contributed by atoms with E-state index in [-0.39, 0.29) is 0 Å². The van der Waals surface area contributed by atoms with Crippen molar-refractivity contribution in [2.24, 2.45) is 0 Å². The molecule has 0 aromatic heterocycles. The molecule has 4 aromatic carbocycles. The lowest BCUT2D eigenvalue weighted by molar-refractivity contribution is 0.213. The van der Waals surface area contributed by atoms with Crippen molar-refractivity contribution in [2.75, 3.05) is 33.4 Å². The Morgan fingerprint density at radius 1 is 0.737 bits per heavy atom. The molecule has 0 unspecified atom stereocenters. The summed E-state index contributed by atoms with van der Waals surface area (Å²) < 4.78 is 45.4. The number of likely N-dealkylation sites (N-methyl/N-ethyl adjacent to an activating group) is 1. The van der Waals surface area contributed by atoms with Crippen LogP contribution in [0, 0.1) is 11.6 Å². The van der Waals surface area contributed by atoms with Crippen LogP contribution in [0.3, 0.4) is 0 Å². The predicted octanol–water partition coefficient (Wildman–Crippen LogP) is 8.48. The predicted molar refractivity (Wildman–Crippen MR) is 150 cm³/mol. The third-order valence-corrected chi connectivity index (χ3v) is 6.65. The van der Waals surface area contributed by atoms with Gasteiger partial charge >= 0.3 is 0 Å². The molecule has 4 nitrogen and oxygen atoms in total. The first kappa shape index (κ1) is 27.4. The summed E-state index contributed by atoms with van der Waals surface area (Å²) in [5, 5.41) is 1.74. The van der Waals surface area contributed by atoms with Crippen molar-refractivity contribution in [3.05, 3.63) is 84.4 Å². The molecule has 200 valence electrons. The summed E-state index contributed by atoms with van der Waals surface area (Å²) in [6.45, 7) is 8.00. The van der Waals surface area contributed by atoms with Gasteiger partial charge in [0.05, 0.1) is 7.11 Å². The van der Waals surface area contributed by atoms with Gasteiger partial charge in [-0.1, -0.05) is 38.8 Å². The number of fused-ring (bicyclic) bond motifs is 1. The number of hydrogen-bond acceptors (Lipinski definition) is 4. The SMILES string of the molecule is CCCCCN(CC)CCOc1ccc(Oc2c(-c3ccc(F)c(F)c3)ccc3cc(OC)ccc23)cc1. The van der Waals surface area contributed by atoms with Gasteiger partial charge in [-0.3, -0.25) is 0 Å².